The molecule has 0 rings (SSSR count). The van der Waals surface area contributed by atoms with E-state index in [1.807, 2.05) is 0 Å². The molecule has 0 unspecified atom stereocenters. The van der Waals surface area contributed by atoms with E-state index in [0.29, 0.717) is 0 Å². The van der Waals surface area contributed by atoms with Gasteiger partial charge in [-0.05, 0) is 0 Å². The van der Waals surface area contributed by atoms with Crippen molar-refractivity contribution in [2.24, 2.45) is 0 Å². The van der Waals surface area contributed by atoms with Gasteiger partial charge in [-0.2, -0.15) is 0 Å². The van der Waals surface area contributed by atoms with Crippen LogP contribution in [0.25, 0.3) is 0 Å². The molecule has 0 bridgehead atoms. The van der Waals surface area contributed by atoms with Crippen molar-refractivity contribution < 1.29 is 144 Å². The summed E-state index contributed by atoms with van der Waals surface area (Å²) in [6.45, 7) is 3.20. The quantitative estimate of drug-likeness (QED) is 0.473. The average Bonchev–Trinajstić information content (AvgIpc) is 1.89. The third-order valence-electron chi connectivity index (χ3n) is 0.605. The summed E-state index contributed by atoms with van der Waals surface area (Å²) in [5.41, 5.74) is 0. The smallest absolute Gasteiger partial charge is 1.00 e. The van der Waals surface area contributed by atoms with Crippen LogP contribution in [0, 0.1) is 0 Å². The van der Waals surface area contributed by atoms with E-state index in [0.717, 1.165) is 0 Å². The van der Waals surface area contributed by atoms with Crippen molar-refractivity contribution in [2.75, 3.05) is 0 Å². The van der Waals surface area contributed by atoms with Crippen LogP contribution in [0.15, 0.2) is 0 Å². The fraction of sp³-hybridized carbons (Fsp3) is 0.667. The van der Waals surface area contributed by atoms with E-state index in [4.69, 9.17) is 10.2 Å². The third kappa shape index (κ3) is 60.3. The van der Waals surface area contributed by atoms with E-state index in [-0.39, 0.29) is 137 Å². The van der Waals surface area contributed by atoms with Gasteiger partial charge in [0.2, 0.25) is 0 Å². The summed E-state index contributed by atoms with van der Waals surface area (Å²) in [5, 5.41) is 15.4. The van der Waals surface area contributed by atoms with Gasteiger partial charge < -0.3 is 15.9 Å². The van der Waals surface area contributed by atoms with Crippen LogP contribution in [-0.4, -0.2) is 22.2 Å². The number of aliphatic carboxylic acids is 2. The molecule has 68 valence electrons. The van der Waals surface area contributed by atoms with Crippen molar-refractivity contribution >= 4 is 11.9 Å². The Morgan fingerprint density at radius 3 is 0.929 bits per heavy atom. The van der Waals surface area contributed by atoms with E-state index in [1.54, 1.807) is 13.8 Å². The molecule has 0 heterocycles. The van der Waals surface area contributed by atoms with Gasteiger partial charge in [0.1, 0.15) is 0 Å². The molecule has 4 nitrogen and oxygen atoms in total. The van der Waals surface area contributed by atoms with Crippen LogP contribution < -0.4 is 118 Å². The molecule has 0 amide bonds. The first-order valence-electron chi connectivity index (χ1n) is 2.98. The van der Waals surface area contributed by atoms with Gasteiger partial charge >= 0.3 is 130 Å². The van der Waals surface area contributed by atoms with Gasteiger partial charge in [0.15, 0.2) is 0 Å². The van der Waals surface area contributed by atoms with Crippen LogP contribution >= 0.6 is 0 Å². The molecule has 0 aliphatic heterocycles. The van der Waals surface area contributed by atoms with Gasteiger partial charge in [0.25, 0.3) is 0 Å². The Balaban J connectivity index is -0.00000000615. The fourth-order valence-electron chi connectivity index (χ4n) is 0. The normalized spacial score (nSPS) is 5.29. The van der Waals surface area contributed by atoms with E-state index >= 15 is 0 Å². The molecule has 0 spiro atoms. The Kier molecular flexibility index (Phi) is 76.4. The molecule has 0 saturated heterocycles. The molecule has 0 aromatic carbocycles. The number of carboxylic acid groups (broad SMARTS) is 2. The maximum absolute atomic E-state index is 9.37. The Labute approximate surface area is 179 Å². The van der Waals surface area contributed by atoms with Crippen molar-refractivity contribution in [1.82, 2.24) is 0 Å². The second-order valence-corrected chi connectivity index (χ2v) is 1.49. The predicted molar refractivity (Wildman–Crippen MR) is 40.3 cm³/mol. The van der Waals surface area contributed by atoms with Crippen molar-refractivity contribution in [3.05, 3.63) is 0 Å². The fourth-order valence-corrected chi connectivity index (χ4v) is 0. The second-order valence-electron chi connectivity index (χ2n) is 1.49. The van der Waals surface area contributed by atoms with Crippen molar-refractivity contribution in [2.45, 2.75) is 26.7 Å². The molecule has 8 heteroatoms. The number of rotatable bonds is 2. The van der Waals surface area contributed by atoms with Gasteiger partial charge in [-0.1, -0.05) is 13.8 Å². The van der Waals surface area contributed by atoms with Crippen LogP contribution in [0.3, 0.4) is 0 Å². The Morgan fingerprint density at radius 1 is 0.857 bits per heavy atom. The number of carbonyl (C=O) groups is 2. The molecule has 2 N–H and O–H groups in total. The van der Waals surface area contributed by atoms with Crippen molar-refractivity contribution in [3.8, 4) is 0 Å². The van der Waals surface area contributed by atoms with Gasteiger partial charge in [-0.15, -0.1) is 0 Å². The van der Waals surface area contributed by atoms with Crippen LogP contribution in [0.4, 0.5) is 0 Å². The SMILES string of the molecule is CCC(=O)O.CCC(=O)O.[H-].[H-].[H-].[H-].[Na+].[Na+].[Na+].[Na+]. The minimum atomic E-state index is -0.745. The molecular weight excluding hydrogens is 228 g/mol. The summed E-state index contributed by atoms with van der Waals surface area (Å²) in [6, 6.07) is 0. The zero-order valence-electron chi connectivity index (χ0n) is 14.1. The topological polar surface area (TPSA) is 74.6 Å². The molecule has 0 saturated carbocycles. The van der Waals surface area contributed by atoms with E-state index in [2.05, 4.69) is 0 Å². The summed E-state index contributed by atoms with van der Waals surface area (Å²) in [6.07, 6.45) is 0.444. The van der Waals surface area contributed by atoms with Gasteiger partial charge in [0.05, 0.1) is 0 Å². The van der Waals surface area contributed by atoms with Crippen molar-refractivity contribution in [3.63, 3.8) is 0 Å². The summed E-state index contributed by atoms with van der Waals surface area (Å²) in [4.78, 5) is 18.7. The Morgan fingerprint density at radius 2 is 0.929 bits per heavy atom. The maximum atomic E-state index is 9.37. The molecule has 0 aliphatic rings. The summed E-state index contributed by atoms with van der Waals surface area (Å²) >= 11 is 0. The molecule has 0 aliphatic carbocycles. The van der Waals surface area contributed by atoms with Gasteiger partial charge in [0, 0.05) is 12.8 Å². The number of hydrogen-bond donors (Lipinski definition) is 2. The molecule has 0 atom stereocenters. The standard InChI is InChI=1S/2C3H6O2.4Na.4H/c2*1-2-3(4)5;;;;;;;;/h2*2H2,1H3,(H,4,5);;;;;;;;/q;;4*+1;4*-1. The molecule has 0 aromatic rings. The van der Waals surface area contributed by atoms with E-state index in [1.165, 1.54) is 0 Å². The summed E-state index contributed by atoms with van der Waals surface area (Å²) in [7, 11) is 0. The van der Waals surface area contributed by atoms with Crippen molar-refractivity contribution in [1.29, 1.82) is 0 Å². The molecule has 0 fully saturated rings. The molecule has 0 radical (unpaired) electrons. The van der Waals surface area contributed by atoms with E-state index < -0.39 is 11.9 Å². The largest absolute Gasteiger partial charge is 1.00 e. The molecule has 0 aromatic heterocycles. The second kappa shape index (κ2) is 29.7. The van der Waals surface area contributed by atoms with Gasteiger partial charge in [-0.25, -0.2) is 0 Å². The predicted octanol–water partition coefficient (Wildman–Crippen LogP) is -10.6. The molecule has 14 heavy (non-hydrogen) atoms. The first-order valence-corrected chi connectivity index (χ1v) is 2.98. The minimum Gasteiger partial charge on any atom is -1.00 e. The van der Waals surface area contributed by atoms with Crippen LogP contribution in [0.2, 0.25) is 0 Å². The Hall–Kier alpha value is 2.94. The average molecular weight is 244 g/mol. The van der Waals surface area contributed by atoms with Crippen LogP contribution in [0.5, 0.6) is 0 Å². The number of carboxylic acids is 2. The van der Waals surface area contributed by atoms with Crippen LogP contribution in [-0.2, 0) is 9.59 Å². The van der Waals surface area contributed by atoms with Gasteiger partial charge in [-0.3, -0.25) is 9.59 Å². The minimum absolute atomic E-state index is 0. The zero-order chi connectivity index (χ0) is 8.57. The zero-order valence-corrected chi connectivity index (χ0v) is 18.1. The monoisotopic (exact) mass is 244 g/mol. The molecular formula is C6H16Na4O4. The maximum Gasteiger partial charge on any atom is 1.00 e. The van der Waals surface area contributed by atoms with Crippen LogP contribution in [0.1, 0.15) is 32.4 Å². The summed E-state index contributed by atoms with van der Waals surface area (Å²) < 4.78 is 0. The first-order chi connectivity index (χ1) is 4.54. The third-order valence-corrected chi connectivity index (χ3v) is 0.605. The Bertz CT molecular complexity index is 120. The summed E-state index contributed by atoms with van der Waals surface area (Å²) in [5.74, 6) is -1.49. The van der Waals surface area contributed by atoms with E-state index in [9.17, 15) is 9.59 Å². The first kappa shape index (κ1) is 36.0. The number of hydrogen-bond acceptors (Lipinski definition) is 2.